The maximum Gasteiger partial charge on any atom is 0.315 e. The van der Waals surface area contributed by atoms with Crippen LogP contribution >= 0.6 is 0 Å². The predicted molar refractivity (Wildman–Crippen MR) is 85.8 cm³/mol. The average molecular weight is 322 g/mol. The Morgan fingerprint density at radius 3 is 2.96 bits per heavy atom. The summed E-state index contributed by atoms with van der Waals surface area (Å²) in [5.41, 5.74) is 0. The van der Waals surface area contributed by atoms with Gasteiger partial charge in [0.05, 0.1) is 6.54 Å². The highest BCUT2D eigenvalue weighted by molar-refractivity contribution is 5.74. The van der Waals surface area contributed by atoms with E-state index in [9.17, 15) is 9.18 Å². The number of halogens is 1. The maximum absolute atomic E-state index is 13.1. The quantitative estimate of drug-likeness (QED) is 0.674. The van der Waals surface area contributed by atoms with Crippen molar-refractivity contribution in [2.75, 3.05) is 13.2 Å². The third-order valence-electron chi connectivity index (χ3n) is 3.77. The average Bonchev–Trinajstić information content (AvgIpc) is 2.99. The molecule has 1 aromatic carbocycles. The molecule has 126 valence electrons. The van der Waals surface area contributed by atoms with Crippen LogP contribution in [0.3, 0.4) is 0 Å². The highest BCUT2D eigenvalue weighted by atomic mass is 19.1. The Labute approximate surface area is 135 Å². The predicted octanol–water partition coefficient (Wildman–Crippen LogP) is 2.22. The van der Waals surface area contributed by atoms with Gasteiger partial charge >= 0.3 is 6.03 Å². The molecule has 0 saturated heterocycles. The monoisotopic (exact) mass is 322 g/mol. The minimum atomic E-state index is -0.352. The lowest BCUT2D eigenvalue weighted by molar-refractivity contribution is 0.188. The number of amides is 2. The van der Waals surface area contributed by atoms with Crippen molar-refractivity contribution in [2.45, 2.75) is 31.9 Å². The Hall–Kier alpha value is -2.08. The molecule has 1 aromatic rings. The largest absolute Gasteiger partial charge is 0.489 e. The summed E-state index contributed by atoms with van der Waals surface area (Å²) in [7, 11) is 0. The third-order valence-corrected chi connectivity index (χ3v) is 3.77. The van der Waals surface area contributed by atoms with E-state index in [1.54, 1.807) is 12.1 Å². The van der Waals surface area contributed by atoms with Crippen LogP contribution in [0.25, 0.3) is 0 Å². The van der Waals surface area contributed by atoms with Crippen molar-refractivity contribution < 1.29 is 19.0 Å². The maximum atomic E-state index is 13.1. The summed E-state index contributed by atoms with van der Waals surface area (Å²) in [6.07, 6.45) is 4.97. The fourth-order valence-electron chi connectivity index (χ4n) is 2.45. The van der Waals surface area contributed by atoms with Gasteiger partial charge in [-0.3, -0.25) is 0 Å². The van der Waals surface area contributed by atoms with Gasteiger partial charge in [0.2, 0.25) is 0 Å². The number of aliphatic hydroxyl groups is 1. The van der Waals surface area contributed by atoms with Gasteiger partial charge in [-0.05, 0) is 25.0 Å². The van der Waals surface area contributed by atoms with Crippen LogP contribution in [-0.2, 0) is 0 Å². The molecule has 1 aliphatic rings. The number of benzene rings is 1. The number of ether oxygens (including phenoxy) is 1. The van der Waals surface area contributed by atoms with Gasteiger partial charge in [-0.15, -0.1) is 0 Å². The van der Waals surface area contributed by atoms with Crippen LogP contribution in [0.4, 0.5) is 9.18 Å². The lowest BCUT2D eigenvalue weighted by atomic mass is 10.1. The molecule has 0 saturated carbocycles. The second-order valence-corrected chi connectivity index (χ2v) is 5.63. The highest BCUT2D eigenvalue weighted by Crippen LogP contribution is 2.17. The summed E-state index contributed by atoms with van der Waals surface area (Å²) in [6, 6.07) is 5.61. The SMILES string of the molecule is CCC(CNC(=O)N[C@@H]1C=C[C@H](CO)C1)Oc1cccc(F)c1. The topological polar surface area (TPSA) is 70.6 Å². The van der Waals surface area contributed by atoms with Crippen LogP contribution in [0, 0.1) is 11.7 Å². The van der Waals surface area contributed by atoms with E-state index in [1.807, 2.05) is 19.1 Å². The smallest absolute Gasteiger partial charge is 0.315 e. The van der Waals surface area contributed by atoms with Crippen molar-refractivity contribution in [1.82, 2.24) is 10.6 Å². The molecule has 6 heteroatoms. The Kier molecular flexibility index (Phi) is 6.40. The van der Waals surface area contributed by atoms with E-state index < -0.39 is 0 Å². The van der Waals surface area contributed by atoms with Gasteiger partial charge in [0.1, 0.15) is 17.7 Å². The molecule has 3 atom stereocenters. The number of urea groups is 1. The van der Waals surface area contributed by atoms with Crippen molar-refractivity contribution in [2.24, 2.45) is 5.92 Å². The van der Waals surface area contributed by atoms with E-state index in [0.29, 0.717) is 25.1 Å². The molecule has 2 rings (SSSR count). The van der Waals surface area contributed by atoms with Crippen LogP contribution in [0.5, 0.6) is 5.75 Å². The molecule has 0 spiro atoms. The van der Waals surface area contributed by atoms with Crippen LogP contribution in [0.15, 0.2) is 36.4 Å². The van der Waals surface area contributed by atoms with E-state index in [-0.39, 0.29) is 36.5 Å². The molecule has 0 bridgehead atoms. The molecule has 0 radical (unpaired) electrons. The molecule has 0 fully saturated rings. The lowest BCUT2D eigenvalue weighted by Crippen LogP contribution is -2.44. The van der Waals surface area contributed by atoms with Gasteiger partial charge < -0.3 is 20.5 Å². The third kappa shape index (κ3) is 5.56. The Morgan fingerprint density at radius 1 is 1.48 bits per heavy atom. The molecular formula is C17H23FN2O3. The molecule has 3 N–H and O–H groups in total. The number of rotatable bonds is 7. The fourth-order valence-corrected chi connectivity index (χ4v) is 2.45. The summed E-state index contributed by atoms with van der Waals surface area (Å²) in [6.45, 7) is 2.36. The standard InChI is InChI=1S/C17H23FN2O3/c1-2-15(23-16-5-3-4-13(18)9-16)10-19-17(22)20-14-7-6-12(8-14)11-21/h3-7,9,12,14-15,21H,2,8,10-11H2,1H3,(H2,19,20,22)/t12-,14+,15?/m0/s1. The minimum absolute atomic E-state index is 0.0589. The van der Waals surface area contributed by atoms with Crippen LogP contribution < -0.4 is 15.4 Å². The van der Waals surface area contributed by atoms with Crippen molar-refractivity contribution in [1.29, 1.82) is 0 Å². The van der Waals surface area contributed by atoms with E-state index >= 15 is 0 Å². The lowest BCUT2D eigenvalue weighted by Gasteiger charge is -2.19. The van der Waals surface area contributed by atoms with Crippen molar-refractivity contribution >= 4 is 6.03 Å². The van der Waals surface area contributed by atoms with Gasteiger partial charge in [-0.1, -0.05) is 25.1 Å². The second-order valence-electron chi connectivity index (χ2n) is 5.63. The first kappa shape index (κ1) is 17.3. The number of aliphatic hydroxyl groups excluding tert-OH is 1. The molecular weight excluding hydrogens is 299 g/mol. The Bertz CT molecular complexity index is 550. The Morgan fingerprint density at radius 2 is 2.30 bits per heavy atom. The van der Waals surface area contributed by atoms with Crippen molar-refractivity contribution in [3.8, 4) is 5.75 Å². The molecule has 0 heterocycles. The first-order chi connectivity index (χ1) is 11.1. The summed E-state index contributed by atoms with van der Waals surface area (Å²) in [4.78, 5) is 11.9. The number of carbonyl (C=O) groups is 1. The minimum Gasteiger partial charge on any atom is -0.489 e. The number of nitrogens with one attached hydrogen (secondary N) is 2. The van der Waals surface area contributed by atoms with E-state index in [2.05, 4.69) is 10.6 Å². The van der Waals surface area contributed by atoms with E-state index in [4.69, 9.17) is 9.84 Å². The zero-order valence-electron chi connectivity index (χ0n) is 13.2. The number of hydrogen-bond donors (Lipinski definition) is 3. The molecule has 1 unspecified atom stereocenters. The number of hydrogen-bond acceptors (Lipinski definition) is 3. The van der Waals surface area contributed by atoms with E-state index in [1.165, 1.54) is 12.1 Å². The van der Waals surface area contributed by atoms with Gasteiger partial charge in [0, 0.05) is 24.6 Å². The zero-order chi connectivity index (χ0) is 16.7. The molecule has 2 amide bonds. The van der Waals surface area contributed by atoms with E-state index in [0.717, 1.165) is 0 Å². The first-order valence-corrected chi connectivity index (χ1v) is 7.86. The first-order valence-electron chi connectivity index (χ1n) is 7.86. The van der Waals surface area contributed by atoms with Gasteiger partial charge in [0.25, 0.3) is 0 Å². The van der Waals surface area contributed by atoms with Crippen LogP contribution in [0.2, 0.25) is 0 Å². The van der Waals surface area contributed by atoms with Crippen molar-refractivity contribution in [3.05, 3.63) is 42.2 Å². The molecule has 1 aliphatic carbocycles. The second kappa shape index (κ2) is 8.53. The summed E-state index contributed by atoms with van der Waals surface area (Å²) < 4.78 is 18.8. The Balaban J connectivity index is 1.74. The molecule has 0 aromatic heterocycles. The highest BCUT2D eigenvalue weighted by Gasteiger charge is 2.20. The van der Waals surface area contributed by atoms with Crippen LogP contribution in [-0.4, -0.2) is 36.4 Å². The summed E-state index contributed by atoms with van der Waals surface area (Å²) in [5, 5.41) is 14.7. The molecule has 23 heavy (non-hydrogen) atoms. The van der Waals surface area contributed by atoms with Gasteiger partial charge in [0.15, 0.2) is 0 Å². The summed E-state index contributed by atoms with van der Waals surface area (Å²) in [5.74, 6) is 0.207. The molecule has 0 aliphatic heterocycles. The fraction of sp³-hybridized carbons (Fsp3) is 0.471. The normalized spacial score (nSPS) is 21.0. The number of carbonyl (C=O) groups excluding carboxylic acids is 1. The van der Waals surface area contributed by atoms with Gasteiger partial charge in [-0.2, -0.15) is 0 Å². The van der Waals surface area contributed by atoms with Gasteiger partial charge in [-0.25, -0.2) is 9.18 Å². The summed E-state index contributed by atoms with van der Waals surface area (Å²) >= 11 is 0. The van der Waals surface area contributed by atoms with Crippen LogP contribution in [0.1, 0.15) is 19.8 Å². The zero-order valence-corrected chi connectivity index (χ0v) is 13.2. The molecule has 5 nitrogen and oxygen atoms in total. The van der Waals surface area contributed by atoms with Crippen molar-refractivity contribution in [3.63, 3.8) is 0 Å².